The van der Waals surface area contributed by atoms with Crippen molar-refractivity contribution in [2.75, 3.05) is 5.75 Å². The van der Waals surface area contributed by atoms with E-state index in [4.69, 9.17) is 0 Å². The van der Waals surface area contributed by atoms with E-state index in [9.17, 15) is 14.7 Å². The van der Waals surface area contributed by atoms with E-state index in [1.807, 2.05) is 0 Å². The van der Waals surface area contributed by atoms with Crippen molar-refractivity contribution in [2.45, 2.75) is 90.4 Å². The van der Waals surface area contributed by atoms with Crippen LogP contribution in [0.2, 0.25) is 0 Å². The maximum absolute atomic E-state index is 13.6. The lowest BCUT2D eigenvalue weighted by atomic mass is 9.44. The number of rotatable bonds is 4. The minimum Gasteiger partial charge on any atom is -0.393 e. The number of fused-ring (bicyclic) bond motifs is 5. The first-order valence-electron chi connectivity index (χ1n) is 11.5. The molecule has 0 spiro atoms. The number of carbonyl (C=O) groups excluding carboxylic acids is 2. The van der Waals surface area contributed by atoms with Crippen molar-refractivity contribution in [3.8, 4) is 0 Å². The van der Waals surface area contributed by atoms with E-state index in [1.165, 1.54) is 0 Å². The minimum absolute atomic E-state index is 0.0656. The summed E-state index contributed by atoms with van der Waals surface area (Å²) < 4.78 is 0. The molecular weight excluding hydrogens is 368 g/mol. The van der Waals surface area contributed by atoms with Gasteiger partial charge in [-0.15, -0.1) is 0 Å². The summed E-state index contributed by atoms with van der Waals surface area (Å²) in [6, 6.07) is 0. The number of Topliss-reactive ketones (excluding diaryl/α,β-unsaturated/α-hetero) is 2. The molecule has 3 nitrogen and oxygen atoms in total. The maximum Gasteiger partial charge on any atom is 0.146 e. The average molecular weight is 407 g/mol. The van der Waals surface area contributed by atoms with Crippen molar-refractivity contribution in [3.63, 3.8) is 0 Å². The number of ketones is 2. The van der Waals surface area contributed by atoms with Gasteiger partial charge in [-0.25, -0.2) is 0 Å². The van der Waals surface area contributed by atoms with Crippen molar-refractivity contribution < 1.29 is 14.7 Å². The third-order valence-corrected chi connectivity index (χ3v) is 10.4. The Labute approximate surface area is 174 Å². The molecule has 0 aromatic heterocycles. The monoisotopic (exact) mass is 406 g/mol. The molecule has 4 heteroatoms. The van der Waals surface area contributed by atoms with Gasteiger partial charge in [0.1, 0.15) is 11.6 Å². The molecule has 0 aromatic carbocycles. The molecule has 1 N–H and O–H groups in total. The van der Waals surface area contributed by atoms with E-state index >= 15 is 0 Å². The van der Waals surface area contributed by atoms with Gasteiger partial charge in [0.25, 0.3) is 0 Å². The molecule has 28 heavy (non-hydrogen) atoms. The van der Waals surface area contributed by atoms with E-state index in [-0.39, 0.29) is 28.8 Å². The standard InChI is InChI=1S/C24H38O3S/c1-14(2)28-13-21(27)19-8-7-18-17-6-5-15-11-16(25)9-10-23(15,3)22(17)20(26)12-24(18,19)4/h14-19,22,25H,5-13H2,1-4H3/t15-,16+,17-,18-,19+,22+,23-,24-/m0/s1. The Kier molecular flexibility index (Phi) is 5.53. The van der Waals surface area contributed by atoms with Crippen LogP contribution in [0, 0.1) is 40.4 Å². The fraction of sp³-hybridized carbons (Fsp3) is 0.917. The first kappa shape index (κ1) is 20.9. The summed E-state index contributed by atoms with van der Waals surface area (Å²) in [6.45, 7) is 8.90. The summed E-state index contributed by atoms with van der Waals surface area (Å²) in [5.41, 5.74) is -0.0552. The summed E-state index contributed by atoms with van der Waals surface area (Å²) in [5, 5.41) is 10.7. The maximum atomic E-state index is 13.6. The molecule has 4 rings (SSSR count). The van der Waals surface area contributed by atoms with Gasteiger partial charge < -0.3 is 5.11 Å². The Balaban J connectivity index is 1.57. The number of hydrogen-bond acceptors (Lipinski definition) is 4. The van der Waals surface area contributed by atoms with Gasteiger partial charge in [-0.3, -0.25) is 9.59 Å². The Morgan fingerprint density at radius 2 is 1.89 bits per heavy atom. The minimum atomic E-state index is -0.175. The topological polar surface area (TPSA) is 54.4 Å². The molecule has 0 unspecified atom stereocenters. The number of carbonyl (C=O) groups is 2. The molecule has 8 atom stereocenters. The lowest BCUT2D eigenvalue weighted by molar-refractivity contribution is -0.162. The van der Waals surface area contributed by atoms with E-state index in [1.54, 1.807) is 11.8 Å². The quantitative estimate of drug-likeness (QED) is 0.722. The molecule has 0 amide bonds. The second-order valence-electron chi connectivity index (χ2n) is 11.1. The molecular formula is C24H38O3S. The Morgan fingerprint density at radius 1 is 1.14 bits per heavy atom. The predicted molar refractivity (Wildman–Crippen MR) is 114 cm³/mol. The predicted octanol–water partition coefficient (Wildman–Crippen LogP) is 4.90. The average Bonchev–Trinajstić information content (AvgIpc) is 2.96. The molecule has 158 valence electrons. The summed E-state index contributed by atoms with van der Waals surface area (Å²) in [4.78, 5) is 26.6. The van der Waals surface area contributed by atoms with E-state index in [0.717, 1.165) is 44.9 Å². The Hall–Kier alpha value is -0.350. The number of aliphatic hydroxyl groups excluding tert-OH is 1. The van der Waals surface area contributed by atoms with Crippen LogP contribution in [-0.2, 0) is 9.59 Å². The first-order chi connectivity index (χ1) is 13.2. The van der Waals surface area contributed by atoms with Crippen molar-refractivity contribution in [2.24, 2.45) is 40.4 Å². The largest absolute Gasteiger partial charge is 0.393 e. The Bertz CT molecular complexity index is 646. The molecule has 0 heterocycles. The highest BCUT2D eigenvalue weighted by molar-refractivity contribution is 8.00. The van der Waals surface area contributed by atoms with Crippen molar-refractivity contribution in [1.29, 1.82) is 0 Å². The molecule has 0 aliphatic heterocycles. The van der Waals surface area contributed by atoms with Crippen LogP contribution < -0.4 is 0 Å². The highest BCUT2D eigenvalue weighted by atomic mass is 32.2. The van der Waals surface area contributed by atoms with Crippen molar-refractivity contribution >= 4 is 23.3 Å². The highest BCUT2D eigenvalue weighted by Gasteiger charge is 2.63. The number of hydrogen-bond donors (Lipinski definition) is 1. The van der Waals surface area contributed by atoms with Gasteiger partial charge >= 0.3 is 0 Å². The van der Waals surface area contributed by atoms with Crippen LogP contribution in [0.1, 0.15) is 79.1 Å². The molecule has 0 bridgehead atoms. The van der Waals surface area contributed by atoms with Gasteiger partial charge in [-0.1, -0.05) is 27.7 Å². The molecule has 0 aromatic rings. The fourth-order valence-electron chi connectivity index (χ4n) is 7.93. The SMILES string of the molecule is CC(C)SCC(=O)[C@H]1CC[C@H]2[C@@H]3CC[C@H]4C[C@H](O)CC[C@]4(C)[C@H]3C(=O)C[C@]12C. The summed E-state index contributed by atoms with van der Waals surface area (Å²) >= 11 is 1.74. The molecule has 4 saturated carbocycles. The van der Waals surface area contributed by atoms with Gasteiger partial charge in [-0.05, 0) is 78.8 Å². The zero-order chi connectivity index (χ0) is 20.3. The van der Waals surface area contributed by atoms with Gasteiger partial charge in [0.15, 0.2) is 0 Å². The second kappa shape index (κ2) is 7.41. The van der Waals surface area contributed by atoms with E-state index in [0.29, 0.717) is 46.7 Å². The summed E-state index contributed by atoms with van der Waals surface area (Å²) in [7, 11) is 0. The molecule has 0 saturated heterocycles. The Morgan fingerprint density at radius 3 is 2.61 bits per heavy atom. The van der Waals surface area contributed by atoms with E-state index in [2.05, 4.69) is 27.7 Å². The summed E-state index contributed by atoms with van der Waals surface area (Å²) in [6.07, 6.45) is 7.51. The van der Waals surface area contributed by atoms with Crippen LogP contribution in [0.15, 0.2) is 0 Å². The van der Waals surface area contributed by atoms with Crippen LogP contribution in [0.4, 0.5) is 0 Å². The van der Waals surface area contributed by atoms with Gasteiger partial charge in [0.2, 0.25) is 0 Å². The number of aliphatic hydroxyl groups is 1. The van der Waals surface area contributed by atoms with Crippen LogP contribution in [-0.4, -0.2) is 33.8 Å². The third-order valence-electron chi connectivity index (χ3n) is 9.27. The van der Waals surface area contributed by atoms with Crippen molar-refractivity contribution in [1.82, 2.24) is 0 Å². The third kappa shape index (κ3) is 3.21. The van der Waals surface area contributed by atoms with Gasteiger partial charge in [0.05, 0.1) is 11.9 Å². The zero-order valence-corrected chi connectivity index (χ0v) is 18.9. The van der Waals surface area contributed by atoms with Crippen LogP contribution in [0.5, 0.6) is 0 Å². The normalized spacial score (nSPS) is 48.1. The lowest BCUT2D eigenvalue weighted by Crippen LogP contribution is -2.58. The lowest BCUT2D eigenvalue weighted by Gasteiger charge is -2.59. The summed E-state index contributed by atoms with van der Waals surface area (Å²) in [5.74, 6) is 3.13. The second-order valence-corrected chi connectivity index (χ2v) is 12.6. The molecule has 4 aliphatic rings. The first-order valence-corrected chi connectivity index (χ1v) is 12.6. The van der Waals surface area contributed by atoms with Crippen LogP contribution in [0.25, 0.3) is 0 Å². The smallest absolute Gasteiger partial charge is 0.146 e. The van der Waals surface area contributed by atoms with Gasteiger partial charge in [-0.2, -0.15) is 11.8 Å². The van der Waals surface area contributed by atoms with E-state index < -0.39 is 0 Å². The fourth-order valence-corrected chi connectivity index (χ4v) is 8.63. The molecule has 4 aliphatic carbocycles. The highest BCUT2D eigenvalue weighted by Crippen LogP contribution is 2.66. The zero-order valence-electron chi connectivity index (χ0n) is 18.1. The molecule has 4 fully saturated rings. The van der Waals surface area contributed by atoms with Crippen LogP contribution in [0.3, 0.4) is 0 Å². The number of thioether (sulfide) groups is 1. The molecule has 0 radical (unpaired) electrons. The van der Waals surface area contributed by atoms with Gasteiger partial charge in [0, 0.05) is 18.3 Å². The van der Waals surface area contributed by atoms with Crippen LogP contribution >= 0.6 is 11.8 Å². The van der Waals surface area contributed by atoms with Crippen molar-refractivity contribution in [3.05, 3.63) is 0 Å².